The molecule has 1 atom stereocenters. The first kappa shape index (κ1) is 18.1. The third kappa shape index (κ3) is 13.4. The Morgan fingerprint density at radius 3 is 2.05 bits per heavy atom. The summed E-state index contributed by atoms with van der Waals surface area (Å²) in [5.74, 6) is -0.692. The molecule has 0 unspecified atom stereocenters. The second-order valence-corrected chi connectivity index (χ2v) is 5.25. The van der Waals surface area contributed by atoms with E-state index in [4.69, 9.17) is 5.11 Å². The van der Waals surface area contributed by atoms with Gasteiger partial charge in [0, 0.05) is 6.42 Å². The van der Waals surface area contributed by atoms with Gasteiger partial charge in [-0.05, 0) is 32.4 Å². The van der Waals surface area contributed by atoms with Crippen LogP contribution in [0.3, 0.4) is 0 Å². The molecule has 0 saturated heterocycles. The van der Waals surface area contributed by atoms with Crippen molar-refractivity contribution in [2.75, 3.05) is 6.54 Å². The minimum atomic E-state index is -0.954. The number of carbonyl (C=O) groups is 1. The normalized spacial score (nSPS) is 14.0. The lowest BCUT2D eigenvalue weighted by molar-refractivity contribution is -0.137. The summed E-state index contributed by atoms with van der Waals surface area (Å²) < 4.78 is 0. The zero-order valence-electron chi connectivity index (χ0n) is 12.2. The zero-order valence-corrected chi connectivity index (χ0v) is 12.2. The van der Waals surface area contributed by atoms with E-state index in [1.807, 2.05) is 0 Å². The van der Waals surface area contributed by atoms with Crippen LogP contribution in [0.5, 0.6) is 0 Å². The molecule has 0 aliphatic heterocycles. The lowest BCUT2D eigenvalue weighted by Crippen LogP contribution is -2.40. The van der Waals surface area contributed by atoms with Crippen molar-refractivity contribution in [3.63, 3.8) is 0 Å². The molecule has 0 saturated carbocycles. The van der Waals surface area contributed by atoms with Gasteiger partial charge >= 0.3 is 5.97 Å². The lowest BCUT2D eigenvalue weighted by atomic mass is 10.1. The fraction of sp³-hybridized carbons (Fsp3) is 0.800. The van der Waals surface area contributed by atoms with Crippen LogP contribution < -0.4 is 5.32 Å². The quantitative estimate of drug-likeness (QED) is 0.273. The molecule has 0 amide bonds. The maximum atomic E-state index is 10.3. The molecule has 0 bridgehead atoms. The van der Waals surface area contributed by atoms with Gasteiger partial charge in [0.25, 0.3) is 0 Å². The Morgan fingerprint density at radius 1 is 1.11 bits per heavy atom. The molecule has 0 aliphatic carbocycles. The molecule has 112 valence electrons. The molecule has 0 spiro atoms. The smallest absolute Gasteiger partial charge is 0.303 e. The van der Waals surface area contributed by atoms with Gasteiger partial charge in [-0.15, -0.1) is 0 Å². The molecule has 4 nitrogen and oxygen atoms in total. The van der Waals surface area contributed by atoms with Gasteiger partial charge < -0.3 is 10.2 Å². The fourth-order valence-electron chi connectivity index (χ4n) is 1.88. The number of nitrogens with one attached hydrogen (secondary N) is 1. The Morgan fingerprint density at radius 2 is 1.58 bits per heavy atom. The molecule has 0 aliphatic rings. The molecule has 4 heteroatoms. The van der Waals surface area contributed by atoms with E-state index in [0.717, 1.165) is 38.6 Å². The number of aliphatic hydroxyl groups is 1. The molecular formula is C15H29NO3. The van der Waals surface area contributed by atoms with E-state index in [2.05, 4.69) is 11.9 Å². The Balaban J connectivity index is 3.15. The Bertz CT molecular complexity index is 252. The van der Waals surface area contributed by atoms with Gasteiger partial charge in [-0.1, -0.05) is 45.1 Å². The Kier molecular flexibility index (Phi) is 10.5. The predicted octanol–water partition coefficient (Wildman–Crippen LogP) is 3.07. The summed E-state index contributed by atoms with van der Waals surface area (Å²) >= 11 is 0. The van der Waals surface area contributed by atoms with Crippen molar-refractivity contribution in [1.29, 1.82) is 0 Å². The van der Waals surface area contributed by atoms with Gasteiger partial charge in [0.2, 0.25) is 0 Å². The topological polar surface area (TPSA) is 69.6 Å². The molecule has 0 aromatic rings. The summed E-state index contributed by atoms with van der Waals surface area (Å²) in [5.41, 5.74) is -0.954. The average molecular weight is 271 g/mol. The van der Waals surface area contributed by atoms with Crippen molar-refractivity contribution < 1.29 is 15.0 Å². The number of unbranched alkanes of at least 4 members (excludes halogenated alkanes) is 7. The van der Waals surface area contributed by atoms with E-state index in [-0.39, 0.29) is 0 Å². The Hall–Kier alpha value is -0.870. The highest BCUT2D eigenvalue weighted by Gasteiger charge is 2.12. The minimum Gasteiger partial charge on any atom is -0.481 e. The molecule has 19 heavy (non-hydrogen) atoms. The van der Waals surface area contributed by atoms with Crippen LogP contribution in [0.2, 0.25) is 0 Å². The number of carboxylic acid groups (broad SMARTS) is 1. The third-order valence-electron chi connectivity index (χ3n) is 3.20. The highest BCUT2D eigenvalue weighted by molar-refractivity contribution is 5.66. The van der Waals surface area contributed by atoms with Gasteiger partial charge in [-0.25, -0.2) is 0 Å². The van der Waals surface area contributed by atoms with E-state index in [1.54, 1.807) is 6.92 Å². The first-order valence-electron chi connectivity index (χ1n) is 7.31. The molecule has 0 heterocycles. The van der Waals surface area contributed by atoms with E-state index >= 15 is 0 Å². The summed E-state index contributed by atoms with van der Waals surface area (Å²) in [7, 11) is 0. The second kappa shape index (κ2) is 11.0. The monoisotopic (exact) mass is 271 g/mol. The molecule has 0 aromatic carbocycles. The first-order chi connectivity index (χ1) is 8.98. The number of carboxylic acids is 1. The van der Waals surface area contributed by atoms with E-state index < -0.39 is 11.7 Å². The van der Waals surface area contributed by atoms with Gasteiger partial charge in [0.05, 0.1) is 0 Å². The van der Waals surface area contributed by atoms with E-state index in [9.17, 15) is 9.90 Å². The number of rotatable bonds is 13. The largest absolute Gasteiger partial charge is 0.481 e. The van der Waals surface area contributed by atoms with Crippen molar-refractivity contribution in [1.82, 2.24) is 5.32 Å². The van der Waals surface area contributed by atoms with E-state index in [1.165, 1.54) is 25.3 Å². The van der Waals surface area contributed by atoms with Gasteiger partial charge in [0.15, 0.2) is 0 Å². The number of aliphatic carboxylic acids is 1. The van der Waals surface area contributed by atoms with Crippen LogP contribution in [0.1, 0.15) is 64.7 Å². The average Bonchev–Trinajstić information content (AvgIpc) is 2.35. The van der Waals surface area contributed by atoms with Crippen LogP contribution in [0.25, 0.3) is 0 Å². The molecule has 0 fully saturated rings. The van der Waals surface area contributed by atoms with Gasteiger partial charge in [-0.3, -0.25) is 10.1 Å². The van der Waals surface area contributed by atoms with Crippen molar-refractivity contribution in [3.8, 4) is 0 Å². The standard InChI is InChI=1S/C15H29NO3/c1-3-15(2,19)16-13-11-9-7-5-4-6-8-10-12-14(17)18/h3,16,19H,1,4-13H2,2H3,(H,17,18)/t15-/m1/s1. The van der Waals surface area contributed by atoms with Crippen LogP contribution in [-0.4, -0.2) is 28.5 Å². The maximum absolute atomic E-state index is 10.3. The van der Waals surface area contributed by atoms with Crippen molar-refractivity contribution in [2.45, 2.75) is 70.4 Å². The SMILES string of the molecule is C=C[C@@](C)(O)NCCCCCCCCCCC(=O)O. The van der Waals surface area contributed by atoms with Crippen LogP contribution in [-0.2, 0) is 4.79 Å². The van der Waals surface area contributed by atoms with Crippen LogP contribution in [0, 0.1) is 0 Å². The first-order valence-corrected chi connectivity index (χ1v) is 7.31. The number of hydrogen-bond donors (Lipinski definition) is 3. The second-order valence-electron chi connectivity index (χ2n) is 5.25. The molecule has 0 aromatic heterocycles. The summed E-state index contributed by atoms with van der Waals surface area (Å²) in [6.45, 7) is 6.05. The van der Waals surface area contributed by atoms with Gasteiger partial charge in [0.1, 0.15) is 5.72 Å². The minimum absolute atomic E-state index is 0.300. The molecule has 3 N–H and O–H groups in total. The summed E-state index contributed by atoms with van der Waals surface area (Å²) in [6.07, 6.45) is 10.6. The van der Waals surface area contributed by atoms with Crippen LogP contribution in [0.15, 0.2) is 12.7 Å². The summed E-state index contributed by atoms with van der Waals surface area (Å²) in [6, 6.07) is 0. The lowest BCUT2D eigenvalue weighted by Gasteiger charge is -2.20. The highest BCUT2D eigenvalue weighted by atomic mass is 16.4. The zero-order chi connectivity index (χ0) is 14.6. The molecule has 0 rings (SSSR count). The van der Waals surface area contributed by atoms with Crippen LogP contribution >= 0.6 is 0 Å². The fourth-order valence-corrected chi connectivity index (χ4v) is 1.88. The molecule has 0 radical (unpaired) electrons. The maximum Gasteiger partial charge on any atom is 0.303 e. The van der Waals surface area contributed by atoms with Crippen molar-refractivity contribution in [2.24, 2.45) is 0 Å². The third-order valence-corrected chi connectivity index (χ3v) is 3.20. The van der Waals surface area contributed by atoms with Crippen LogP contribution in [0.4, 0.5) is 0 Å². The number of hydrogen-bond acceptors (Lipinski definition) is 3. The highest BCUT2D eigenvalue weighted by Crippen LogP contribution is 2.09. The molecular weight excluding hydrogens is 242 g/mol. The summed E-state index contributed by atoms with van der Waals surface area (Å²) in [5, 5.41) is 21.1. The van der Waals surface area contributed by atoms with Crippen molar-refractivity contribution >= 4 is 5.97 Å². The van der Waals surface area contributed by atoms with E-state index in [0.29, 0.717) is 6.42 Å². The van der Waals surface area contributed by atoms with Gasteiger partial charge in [-0.2, -0.15) is 0 Å². The van der Waals surface area contributed by atoms with Crippen molar-refractivity contribution in [3.05, 3.63) is 12.7 Å². The Labute approximate surface area is 116 Å². The summed E-state index contributed by atoms with van der Waals surface area (Å²) in [4.78, 5) is 10.3. The predicted molar refractivity (Wildman–Crippen MR) is 78.0 cm³/mol.